The molecular weight excluding hydrogens is 562 g/mol. The van der Waals surface area contributed by atoms with Gasteiger partial charge in [0.15, 0.2) is 6.04 Å². The third-order valence-corrected chi connectivity index (χ3v) is 6.85. The summed E-state index contributed by atoms with van der Waals surface area (Å²) in [6, 6.07) is 15.3. The highest BCUT2D eigenvalue weighted by Gasteiger charge is 2.22. The average molecular weight is 595 g/mol. The molecule has 2 atom stereocenters. The minimum Gasteiger partial charge on any atom is -0.479 e. The van der Waals surface area contributed by atoms with E-state index in [0.717, 1.165) is 16.5 Å². The Hall–Kier alpha value is -4.97. The van der Waals surface area contributed by atoms with Crippen molar-refractivity contribution >= 4 is 34.2 Å². The molecule has 0 radical (unpaired) electrons. The van der Waals surface area contributed by atoms with E-state index in [1.807, 2.05) is 13.8 Å². The molecule has 1 heterocycles. The second kappa shape index (κ2) is 13.8. The third kappa shape index (κ3) is 7.86. The van der Waals surface area contributed by atoms with Crippen LogP contribution in [0.3, 0.4) is 0 Å². The largest absolute Gasteiger partial charge is 0.479 e. The van der Waals surface area contributed by atoms with Crippen molar-refractivity contribution < 1.29 is 33.0 Å². The minimum absolute atomic E-state index is 0.00339. The molecule has 226 valence electrons. The number of alkyl halides is 2. The predicted molar refractivity (Wildman–Crippen MR) is 159 cm³/mol. The topological polar surface area (TPSA) is 142 Å². The second-order valence-corrected chi connectivity index (χ2v) is 10.00. The number of nitrogens with one attached hydrogen (secondary N) is 4. The second-order valence-electron chi connectivity index (χ2n) is 10.00. The number of pyridine rings is 1. The molecule has 0 fully saturated rings. The molecule has 1 amide bonds. The lowest BCUT2D eigenvalue weighted by molar-refractivity contribution is -0.138. The van der Waals surface area contributed by atoms with E-state index < -0.39 is 24.7 Å². The molecule has 3 aromatic carbocycles. The number of benzene rings is 3. The molecule has 0 spiro atoms. The van der Waals surface area contributed by atoms with Gasteiger partial charge in [0.25, 0.3) is 5.56 Å². The number of aliphatic carboxylic acids is 1. The summed E-state index contributed by atoms with van der Waals surface area (Å²) < 4.78 is 35.3. The fourth-order valence-corrected chi connectivity index (χ4v) is 4.80. The molecular formula is C31H32F2N4O6. The quantitative estimate of drug-likeness (QED) is 0.140. The lowest BCUT2D eigenvalue weighted by Crippen LogP contribution is -2.21. The fraction of sp³-hybridized carbons (Fsp3) is 0.258. The lowest BCUT2D eigenvalue weighted by Gasteiger charge is -2.20. The number of fused-ring (bicyclic) bond motifs is 1. The first kappa shape index (κ1) is 31.0. The van der Waals surface area contributed by atoms with Crippen molar-refractivity contribution in [2.45, 2.75) is 39.0 Å². The maximum atomic E-state index is 12.7. The normalized spacial score (nSPS) is 12.5. The number of halogens is 2. The van der Waals surface area contributed by atoms with E-state index in [-0.39, 0.29) is 30.4 Å². The minimum atomic E-state index is -2.97. The molecule has 0 saturated carbocycles. The standard InChI is InChI=1S/C31H32F2N4O6/c1-17-12-20(27(29(39)40)36-23-6-4-19-10-11-35-28(38)25(19)14-23)5-8-24(17)18(2)16-42-31(41)37-22-7-9-26(43-30(32)33)21(13-22)15-34-3/h4-14,18,27,30,34,36H,15-16H2,1-3H3,(H,35,38)(H,37,41)(H,39,40)/t18-,27?/m0/s1. The maximum Gasteiger partial charge on any atom is 0.411 e. The smallest absolute Gasteiger partial charge is 0.411 e. The number of carboxylic acids is 1. The van der Waals surface area contributed by atoms with Gasteiger partial charge in [0.05, 0.1) is 6.61 Å². The number of aryl methyl sites for hydroxylation is 1. The van der Waals surface area contributed by atoms with Crippen molar-refractivity contribution in [3.8, 4) is 5.75 Å². The summed E-state index contributed by atoms with van der Waals surface area (Å²) in [5, 5.41) is 19.6. The molecule has 12 heteroatoms. The van der Waals surface area contributed by atoms with Crippen molar-refractivity contribution in [1.29, 1.82) is 0 Å². The van der Waals surface area contributed by atoms with E-state index in [9.17, 15) is 28.3 Å². The number of ether oxygens (including phenoxy) is 2. The molecule has 0 aliphatic carbocycles. The number of aromatic nitrogens is 1. The monoisotopic (exact) mass is 594 g/mol. The number of hydrogen-bond acceptors (Lipinski definition) is 7. The van der Waals surface area contributed by atoms with E-state index in [1.54, 1.807) is 55.7 Å². The number of aromatic amines is 1. The van der Waals surface area contributed by atoms with Crippen LogP contribution in [0.5, 0.6) is 5.75 Å². The summed E-state index contributed by atoms with van der Waals surface area (Å²) in [7, 11) is 1.66. The van der Waals surface area contributed by atoms with E-state index in [2.05, 4.69) is 25.7 Å². The summed E-state index contributed by atoms with van der Waals surface area (Å²) >= 11 is 0. The van der Waals surface area contributed by atoms with E-state index in [0.29, 0.717) is 27.9 Å². The Morgan fingerprint density at radius 1 is 1.02 bits per heavy atom. The van der Waals surface area contributed by atoms with Crippen molar-refractivity contribution in [2.24, 2.45) is 0 Å². The number of hydrogen-bond donors (Lipinski definition) is 5. The van der Waals surface area contributed by atoms with Crippen molar-refractivity contribution in [3.05, 3.63) is 99.5 Å². The SMILES string of the molecule is CNCc1cc(NC(=O)OC[C@H](C)c2ccc(C(Nc3ccc4cc[nH]c(=O)c4c3)C(=O)O)cc2C)ccc1OC(F)F. The van der Waals surface area contributed by atoms with E-state index in [1.165, 1.54) is 18.2 Å². The highest BCUT2D eigenvalue weighted by Crippen LogP contribution is 2.28. The molecule has 0 saturated heterocycles. The molecule has 1 unspecified atom stereocenters. The van der Waals surface area contributed by atoms with Gasteiger partial charge in [-0.05, 0) is 72.4 Å². The molecule has 5 N–H and O–H groups in total. The summed E-state index contributed by atoms with van der Waals surface area (Å²) in [5.41, 5.74) is 3.19. The molecule has 4 aromatic rings. The van der Waals surface area contributed by atoms with Gasteiger partial charge in [-0.15, -0.1) is 0 Å². The van der Waals surface area contributed by atoms with Crippen LogP contribution in [0, 0.1) is 6.92 Å². The summed E-state index contributed by atoms with van der Waals surface area (Å²) in [5.74, 6) is -1.30. The van der Waals surface area contributed by atoms with Gasteiger partial charge in [-0.2, -0.15) is 8.78 Å². The zero-order valence-corrected chi connectivity index (χ0v) is 23.7. The lowest BCUT2D eigenvalue weighted by atomic mass is 9.93. The van der Waals surface area contributed by atoms with Crippen LogP contribution in [-0.4, -0.2) is 42.4 Å². The van der Waals surface area contributed by atoms with Crippen molar-refractivity contribution in [1.82, 2.24) is 10.3 Å². The number of H-pyrrole nitrogens is 1. The summed E-state index contributed by atoms with van der Waals surface area (Å²) in [6.07, 6.45) is 0.833. The van der Waals surface area contributed by atoms with Gasteiger partial charge in [-0.3, -0.25) is 10.1 Å². The third-order valence-electron chi connectivity index (χ3n) is 6.85. The Labute approximate surface area is 246 Å². The van der Waals surface area contributed by atoms with Gasteiger partial charge in [0.1, 0.15) is 5.75 Å². The molecule has 4 rings (SSSR count). The number of carboxylic acid groups (broad SMARTS) is 1. The zero-order chi connectivity index (χ0) is 31.1. The van der Waals surface area contributed by atoms with E-state index in [4.69, 9.17) is 4.74 Å². The zero-order valence-electron chi connectivity index (χ0n) is 23.7. The first-order valence-electron chi connectivity index (χ1n) is 13.4. The Morgan fingerprint density at radius 3 is 2.49 bits per heavy atom. The number of rotatable bonds is 12. The van der Waals surface area contributed by atoms with Crippen molar-refractivity contribution in [3.63, 3.8) is 0 Å². The summed E-state index contributed by atoms with van der Waals surface area (Å²) in [6.45, 7) is 1.03. The van der Waals surface area contributed by atoms with Crippen LogP contribution in [0.25, 0.3) is 10.8 Å². The van der Waals surface area contributed by atoms with Crippen molar-refractivity contribution in [2.75, 3.05) is 24.3 Å². The van der Waals surface area contributed by atoms with Gasteiger partial charge in [-0.1, -0.05) is 31.2 Å². The number of anilines is 2. The highest BCUT2D eigenvalue weighted by molar-refractivity contribution is 5.87. The summed E-state index contributed by atoms with van der Waals surface area (Å²) in [4.78, 5) is 39.4. The van der Waals surface area contributed by atoms with Crippen LogP contribution in [0.4, 0.5) is 25.0 Å². The average Bonchev–Trinajstić information content (AvgIpc) is 2.96. The van der Waals surface area contributed by atoms with Crippen LogP contribution >= 0.6 is 0 Å². The van der Waals surface area contributed by atoms with Gasteiger partial charge in [-0.25, -0.2) is 9.59 Å². The van der Waals surface area contributed by atoms with Crippen LogP contribution in [0.15, 0.2) is 71.7 Å². The Kier molecular flexibility index (Phi) is 9.94. The van der Waals surface area contributed by atoms with Gasteiger partial charge < -0.3 is 30.2 Å². The maximum absolute atomic E-state index is 12.7. The van der Waals surface area contributed by atoms with Crippen LogP contribution < -0.4 is 26.2 Å². The van der Waals surface area contributed by atoms with Gasteiger partial charge in [0.2, 0.25) is 0 Å². The predicted octanol–water partition coefficient (Wildman–Crippen LogP) is 5.75. The molecule has 43 heavy (non-hydrogen) atoms. The van der Waals surface area contributed by atoms with Crippen LogP contribution in [0.1, 0.15) is 41.1 Å². The van der Waals surface area contributed by atoms with Crippen LogP contribution in [-0.2, 0) is 16.1 Å². The molecule has 10 nitrogen and oxygen atoms in total. The number of carbonyl (C=O) groups excluding carboxylic acids is 1. The van der Waals surface area contributed by atoms with E-state index >= 15 is 0 Å². The molecule has 0 bridgehead atoms. The van der Waals surface area contributed by atoms with Gasteiger partial charge in [0, 0.05) is 41.0 Å². The van der Waals surface area contributed by atoms with Crippen LogP contribution in [0.2, 0.25) is 0 Å². The fourth-order valence-electron chi connectivity index (χ4n) is 4.80. The Morgan fingerprint density at radius 2 is 1.79 bits per heavy atom. The number of carbonyl (C=O) groups is 2. The molecule has 1 aromatic heterocycles. The Balaban J connectivity index is 1.40. The molecule has 0 aliphatic rings. The Bertz CT molecular complexity index is 1680. The number of amides is 1. The molecule has 0 aliphatic heterocycles. The van der Waals surface area contributed by atoms with Gasteiger partial charge >= 0.3 is 18.7 Å². The first-order valence-corrected chi connectivity index (χ1v) is 13.4. The highest BCUT2D eigenvalue weighted by atomic mass is 19.3. The first-order chi connectivity index (χ1) is 20.5.